The molecular formula is C29H31F4N3O2. The summed E-state index contributed by atoms with van der Waals surface area (Å²) in [5, 5.41) is 9.81. The minimum atomic E-state index is -4.53. The molecule has 1 amide bonds. The number of alkyl halides is 3. The molecule has 3 aromatic rings. The first-order valence-corrected chi connectivity index (χ1v) is 12.4. The second kappa shape index (κ2) is 10.4. The fourth-order valence-corrected chi connectivity index (χ4v) is 5.07. The van der Waals surface area contributed by atoms with Crippen LogP contribution in [0.1, 0.15) is 43.4 Å². The van der Waals surface area contributed by atoms with E-state index in [1.807, 2.05) is 11.0 Å². The smallest absolute Gasteiger partial charge is 0.394 e. The van der Waals surface area contributed by atoms with Crippen molar-refractivity contribution in [3.8, 4) is 11.1 Å². The van der Waals surface area contributed by atoms with Gasteiger partial charge in [-0.3, -0.25) is 4.79 Å². The van der Waals surface area contributed by atoms with Crippen molar-refractivity contribution in [1.29, 1.82) is 0 Å². The van der Waals surface area contributed by atoms with Gasteiger partial charge in [-0.15, -0.1) is 0 Å². The number of aryl methyl sites for hydroxylation is 1. The average Bonchev–Trinajstić information content (AvgIpc) is 3.36. The highest BCUT2D eigenvalue weighted by molar-refractivity contribution is 6.03. The van der Waals surface area contributed by atoms with Gasteiger partial charge in [0.2, 0.25) is 5.91 Å². The molecule has 1 atom stereocenters. The number of halogens is 4. The summed E-state index contributed by atoms with van der Waals surface area (Å²) in [5.74, 6) is -0.194. The summed E-state index contributed by atoms with van der Waals surface area (Å²) in [6.07, 6.45) is -1.24. The lowest BCUT2D eigenvalue weighted by Gasteiger charge is -2.32. The molecule has 0 spiro atoms. The largest absolute Gasteiger partial charge is 0.416 e. The maximum absolute atomic E-state index is 13.9. The lowest BCUT2D eigenvalue weighted by atomic mass is 9.82. The molecule has 38 heavy (non-hydrogen) atoms. The van der Waals surface area contributed by atoms with Gasteiger partial charge in [0.25, 0.3) is 0 Å². The van der Waals surface area contributed by atoms with Crippen LogP contribution in [0.3, 0.4) is 0 Å². The van der Waals surface area contributed by atoms with E-state index in [1.54, 1.807) is 40.1 Å². The van der Waals surface area contributed by atoms with Crippen LogP contribution in [0.2, 0.25) is 0 Å². The predicted molar refractivity (Wildman–Crippen MR) is 140 cm³/mol. The van der Waals surface area contributed by atoms with E-state index >= 15 is 0 Å². The molecule has 1 fully saturated rings. The van der Waals surface area contributed by atoms with E-state index in [1.165, 1.54) is 29.2 Å². The minimum absolute atomic E-state index is 0.0160. The first-order valence-electron chi connectivity index (χ1n) is 12.4. The van der Waals surface area contributed by atoms with Crippen molar-refractivity contribution >= 4 is 17.4 Å². The molecular weight excluding hydrogens is 498 g/mol. The second-order valence-electron chi connectivity index (χ2n) is 10.3. The summed E-state index contributed by atoms with van der Waals surface area (Å²) in [5.41, 5.74) is 0.538. The molecule has 1 unspecified atom stereocenters. The lowest BCUT2D eigenvalue weighted by molar-refractivity contribution is -0.137. The molecule has 0 bridgehead atoms. The average molecular weight is 530 g/mol. The first-order chi connectivity index (χ1) is 17.8. The molecule has 1 aliphatic heterocycles. The normalized spacial score (nSPS) is 16.1. The number of carbonyl (C=O) groups is 1. The third-order valence-corrected chi connectivity index (χ3v) is 7.34. The third-order valence-electron chi connectivity index (χ3n) is 7.34. The number of hydrogen-bond donors (Lipinski definition) is 1. The van der Waals surface area contributed by atoms with Gasteiger partial charge in [-0.05, 0) is 74.6 Å². The van der Waals surface area contributed by atoms with Crippen LogP contribution >= 0.6 is 0 Å². The van der Waals surface area contributed by atoms with Gasteiger partial charge >= 0.3 is 6.18 Å². The van der Waals surface area contributed by atoms with E-state index < -0.39 is 28.9 Å². The van der Waals surface area contributed by atoms with Crippen LogP contribution in [-0.4, -0.2) is 42.2 Å². The van der Waals surface area contributed by atoms with Crippen molar-refractivity contribution in [2.45, 2.75) is 51.2 Å². The van der Waals surface area contributed by atoms with E-state index in [0.29, 0.717) is 28.2 Å². The summed E-state index contributed by atoms with van der Waals surface area (Å²) in [6.45, 7) is 5.64. The third kappa shape index (κ3) is 5.25. The highest BCUT2D eigenvalue weighted by atomic mass is 19.4. The summed E-state index contributed by atoms with van der Waals surface area (Å²) in [6, 6.07) is 10.9. The monoisotopic (exact) mass is 529 g/mol. The Balaban J connectivity index is 1.79. The summed E-state index contributed by atoms with van der Waals surface area (Å²) >= 11 is 0. The first kappa shape index (κ1) is 27.6. The fourth-order valence-electron chi connectivity index (χ4n) is 5.07. The van der Waals surface area contributed by atoms with Gasteiger partial charge < -0.3 is 14.9 Å². The van der Waals surface area contributed by atoms with Crippen LogP contribution in [0.25, 0.3) is 11.1 Å². The van der Waals surface area contributed by atoms with Crippen LogP contribution < -0.4 is 9.80 Å². The van der Waals surface area contributed by atoms with Crippen molar-refractivity contribution < 1.29 is 27.5 Å². The lowest BCUT2D eigenvalue weighted by Crippen LogP contribution is -2.42. The number of nitrogens with zero attached hydrogens (tertiary/aromatic N) is 3. The molecule has 2 aromatic carbocycles. The van der Waals surface area contributed by atoms with Gasteiger partial charge in [-0.25, -0.2) is 9.37 Å². The molecule has 5 nitrogen and oxygen atoms in total. The maximum Gasteiger partial charge on any atom is 0.416 e. The van der Waals surface area contributed by atoms with E-state index in [-0.39, 0.29) is 18.2 Å². The van der Waals surface area contributed by atoms with Crippen LogP contribution in [0, 0.1) is 12.7 Å². The number of likely N-dealkylation sites (N-methyl/N-ethyl adjacent to an activating group) is 1. The molecule has 4 rings (SSSR count). The van der Waals surface area contributed by atoms with Crippen molar-refractivity contribution in [3.63, 3.8) is 0 Å². The maximum atomic E-state index is 13.9. The van der Waals surface area contributed by atoms with Crippen molar-refractivity contribution in [2.75, 3.05) is 30.0 Å². The Morgan fingerprint density at radius 1 is 1.11 bits per heavy atom. The van der Waals surface area contributed by atoms with E-state index in [9.17, 15) is 27.5 Å². The Hall–Kier alpha value is -3.46. The summed E-state index contributed by atoms with van der Waals surface area (Å²) < 4.78 is 54.0. The van der Waals surface area contributed by atoms with E-state index in [4.69, 9.17) is 0 Å². The van der Waals surface area contributed by atoms with E-state index in [0.717, 1.165) is 31.5 Å². The summed E-state index contributed by atoms with van der Waals surface area (Å²) in [7, 11) is 1.56. The zero-order valence-electron chi connectivity index (χ0n) is 21.8. The number of aliphatic hydroxyl groups excluding tert-OH is 1. The van der Waals surface area contributed by atoms with E-state index in [2.05, 4.69) is 4.98 Å². The summed E-state index contributed by atoms with van der Waals surface area (Å²) in [4.78, 5) is 21.8. The Labute approximate surface area is 219 Å². The van der Waals surface area contributed by atoms with Crippen LogP contribution in [-0.2, 0) is 16.4 Å². The molecule has 1 aromatic heterocycles. The molecule has 1 saturated heterocycles. The molecule has 1 N–H and O–H groups in total. The predicted octanol–water partition coefficient (Wildman–Crippen LogP) is 6.12. The Kier molecular flexibility index (Phi) is 7.52. The Morgan fingerprint density at radius 2 is 1.82 bits per heavy atom. The molecule has 9 heteroatoms. The van der Waals surface area contributed by atoms with Gasteiger partial charge in [0.15, 0.2) is 0 Å². The second-order valence-corrected chi connectivity index (χ2v) is 10.3. The Morgan fingerprint density at radius 3 is 2.47 bits per heavy atom. The number of hydrogen-bond acceptors (Lipinski definition) is 4. The SMILES string of the molecule is Cc1cc(F)ccc1-c1cc(N2CCCC2CO)ncc1N(C)C(=O)C(C)(C)c1cccc(C(F)(F)F)c1. The number of pyridine rings is 1. The van der Waals surface area contributed by atoms with Crippen molar-refractivity contribution in [3.05, 3.63) is 77.2 Å². The number of anilines is 2. The minimum Gasteiger partial charge on any atom is -0.394 e. The highest BCUT2D eigenvalue weighted by Gasteiger charge is 2.37. The Bertz CT molecular complexity index is 1340. The van der Waals surface area contributed by atoms with Crippen LogP contribution in [0.15, 0.2) is 54.7 Å². The van der Waals surface area contributed by atoms with Crippen LogP contribution in [0.4, 0.5) is 29.1 Å². The molecule has 0 radical (unpaired) electrons. The highest BCUT2D eigenvalue weighted by Crippen LogP contribution is 2.39. The quantitative estimate of drug-likeness (QED) is 0.391. The van der Waals surface area contributed by atoms with Crippen molar-refractivity contribution in [1.82, 2.24) is 4.98 Å². The molecule has 0 aliphatic carbocycles. The molecule has 2 heterocycles. The number of carbonyl (C=O) groups excluding carboxylic acids is 1. The number of aliphatic hydroxyl groups is 1. The van der Waals surface area contributed by atoms with Gasteiger partial charge in [-0.2, -0.15) is 13.2 Å². The fraction of sp³-hybridized carbons (Fsp3) is 0.379. The van der Waals surface area contributed by atoms with Gasteiger partial charge in [0.1, 0.15) is 11.6 Å². The zero-order valence-corrected chi connectivity index (χ0v) is 21.8. The van der Waals surface area contributed by atoms with Crippen molar-refractivity contribution in [2.24, 2.45) is 0 Å². The molecule has 0 saturated carbocycles. The molecule has 202 valence electrons. The van der Waals surface area contributed by atoms with Gasteiger partial charge in [0.05, 0.1) is 35.5 Å². The van der Waals surface area contributed by atoms with Gasteiger partial charge in [-0.1, -0.05) is 24.3 Å². The number of rotatable bonds is 6. The van der Waals surface area contributed by atoms with Gasteiger partial charge in [0, 0.05) is 19.2 Å². The topological polar surface area (TPSA) is 56.7 Å². The number of aromatic nitrogens is 1. The zero-order chi connectivity index (χ0) is 27.8. The molecule has 1 aliphatic rings. The number of amides is 1. The van der Waals surface area contributed by atoms with Crippen LogP contribution in [0.5, 0.6) is 0 Å². The number of benzene rings is 2. The standard InChI is InChI=1S/C29H31F4N3O2/c1-18-13-21(30)10-11-23(18)24-15-26(36-12-6-9-22(36)17-37)34-16-25(24)35(4)27(38)28(2,3)19-7-5-8-20(14-19)29(31,32)33/h5,7-8,10-11,13-16,22,37H,6,9,12,17H2,1-4H3.